The Bertz CT molecular complexity index is 1140. The third kappa shape index (κ3) is 4.92. The highest BCUT2D eigenvalue weighted by molar-refractivity contribution is 6.37. The molecule has 2 aliphatic rings. The fourth-order valence-electron chi connectivity index (χ4n) is 4.25. The lowest BCUT2D eigenvalue weighted by molar-refractivity contribution is -0.110. The summed E-state index contributed by atoms with van der Waals surface area (Å²) in [7, 11) is 0. The molecule has 168 valence electrons. The van der Waals surface area contributed by atoms with Crippen LogP contribution < -0.4 is 16.0 Å². The Kier molecular flexibility index (Phi) is 6.37. The number of nitrogens with zero attached hydrogens (tertiary/aromatic N) is 1. The molecule has 6 heteroatoms. The van der Waals surface area contributed by atoms with Crippen LogP contribution in [-0.4, -0.2) is 50.2 Å². The molecule has 0 aromatic heterocycles. The van der Waals surface area contributed by atoms with E-state index in [-0.39, 0.29) is 5.91 Å². The second-order valence-electron chi connectivity index (χ2n) is 8.20. The molecule has 0 saturated carbocycles. The summed E-state index contributed by atoms with van der Waals surface area (Å²) in [5.41, 5.74) is 6.18. The zero-order valence-electron chi connectivity index (χ0n) is 18.5. The van der Waals surface area contributed by atoms with Gasteiger partial charge in [-0.25, -0.2) is 0 Å². The van der Waals surface area contributed by atoms with E-state index < -0.39 is 0 Å². The van der Waals surface area contributed by atoms with Gasteiger partial charge in [0.05, 0.1) is 24.5 Å². The number of hydrogen-bond acceptors (Lipinski definition) is 5. The molecule has 6 nitrogen and oxygen atoms in total. The molecule has 1 saturated heterocycles. The monoisotopic (exact) mass is 440 g/mol. The lowest BCUT2D eigenvalue weighted by Crippen LogP contribution is -2.38. The third-order valence-corrected chi connectivity index (χ3v) is 6.00. The van der Waals surface area contributed by atoms with Gasteiger partial charge in [0.25, 0.3) is 5.91 Å². The van der Waals surface area contributed by atoms with Crippen molar-refractivity contribution in [3.63, 3.8) is 0 Å². The van der Waals surface area contributed by atoms with Crippen LogP contribution in [0.1, 0.15) is 11.1 Å². The summed E-state index contributed by atoms with van der Waals surface area (Å²) in [6.45, 7) is 5.53. The minimum atomic E-state index is -0.0936. The number of benzene rings is 3. The SMILES string of the molecule is O=C1Nc2ccccc2C1=C(Nc1ccc(NCCN2CCOCC2)cc1)c1ccccc1. The number of morpholine rings is 1. The van der Waals surface area contributed by atoms with Crippen LogP contribution in [-0.2, 0) is 9.53 Å². The highest BCUT2D eigenvalue weighted by atomic mass is 16.5. The summed E-state index contributed by atoms with van der Waals surface area (Å²) in [4.78, 5) is 15.3. The zero-order valence-corrected chi connectivity index (χ0v) is 18.5. The van der Waals surface area contributed by atoms with Crippen molar-refractivity contribution in [1.29, 1.82) is 0 Å². The molecule has 0 atom stereocenters. The predicted molar refractivity (Wildman–Crippen MR) is 134 cm³/mol. The van der Waals surface area contributed by atoms with Gasteiger partial charge < -0.3 is 20.7 Å². The van der Waals surface area contributed by atoms with E-state index in [1.165, 1.54) is 0 Å². The lowest BCUT2D eigenvalue weighted by atomic mass is 10.00. The normalized spacial score (nSPS) is 17.3. The summed E-state index contributed by atoms with van der Waals surface area (Å²) in [5.74, 6) is -0.0936. The lowest BCUT2D eigenvalue weighted by Gasteiger charge is -2.26. The number of hydrogen-bond donors (Lipinski definition) is 3. The second kappa shape index (κ2) is 9.90. The van der Waals surface area contributed by atoms with Crippen molar-refractivity contribution in [2.75, 3.05) is 55.3 Å². The largest absolute Gasteiger partial charge is 0.384 e. The summed E-state index contributed by atoms with van der Waals surface area (Å²) < 4.78 is 5.41. The molecule has 0 bridgehead atoms. The molecule has 3 N–H and O–H groups in total. The van der Waals surface area contributed by atoms with Crippen molar-refractivity contribution in [1.82, 2.24) is 4.90 Å². The van der Waals surface area contributed by atoms with E-state index >= 15 is 0 Å². The Morgan fingerprint density at radius 2 is 1.58 bits per heavy atom. The maximum Gasteiger partial charge on any atom is 0.258 e. The Morgan fingerprint density at radius 3 is 2.36 bits per heavy atom. The van der Waals surface area contributed by atoms with Crippen LogP contribution in [0.15, 0.2) is 78.9 Å². The van der Waals surface area contributed by atoms with Gasteiger partial charge in [0.2, 0.25) is 0 Å². The van der Waals surface area contributed by atoms with Gasteiger partial charge >= 0.3 is 0 Å². The van der Waals surface area contributed by atoms with Gasteiger partial charge in [-0.15, -0.1) is 0 Å². The molecule has 3 aromatic rings. The van der Waals surface area contributed by atoms with Gasteiger partial charge in [-0.3, -0.25) is 9.69 Å². The van der Waals surface area contributed by atoms with Crippen LogP contribution >= 0.6 is 0 Å². The van der Waals surface area contributed by atoms with Crippen molar-refractivity contribution < 1.29 is 9.53 Å². The molecule has 1 amide bonds. The number of anilines is 3. The van der Waals surface area contributed by atoms with Gasteiger partial charge in [0.1, 0.15) is 0 Å². The van der Waals surface area contributed by atoms with Gasteiger partial charge in [0, 0.05) is 48.8 Å². The first-order valence-electron chi connectivity index (χ1n) is 11.4. The van der Waals surface area contributed by atoms with Gasteiger partial charge in [-0.1, -0.05) is 48.5 Å². The molecular formula is C27H28N4O2. The molecule has 1 fully saturated rings. The van der Waals surface area contributed by atoms with Crippen LogP contribution in [0.25, 0.3) is 11.3 Å². The molecule has 0 spiro atoms. The van der Waals surface area contributed by atoms with Crippen LogP contribution in [0.4, 0.5) is 17.1 Å². The minimum Gasteiger partial charge on any atom is -0.384 e. The van der Waals surface area contributed by atoms with Crippen molar-refractivity contribution in [3.05, 3.63) is 90.0 Å². The first-order chi connectivity index (χ1) is 16.3. The minimum absolute atomic E-state index is 0.0936. The van der Waals surface area contributed by atoms with Gasteiger partial charge in [-0.2, -0.15) is 0 Å². The maximum absolute atomic E-state index is 12.9. The molecule has 3 aromatic carbocycles. The van der Waals surface area contributed by atoms with Crippen LogP contribution in [0.3, 0.4) is 0 Å². The molecule has 2 aliphatic heterocycles. The first-order valence-corrected chi connectivity index (χ1v) is 11.4. The Labute approximate surface area is 194 Å². The predicted octanol–water partition coefficient (Wildman–Crippen LogP) is 4.36. The molecule has 5 rings (SSSR count). The summed E-state index contributed by atoms with van der Waals surface area (Å²) >= 11 is 0. The van der Waals surface area contributed by atoms with Crippen molar-refractivity contribution in [2.24, 2.45) is 0 Å². The van der Waals surface area contributed by atoms with Gasteiger partial charge in [-0.05, 0) is 35.9 Å². The number of rotatable bonds is 7. The smallest absolute Gasteiger partial charge is 0.258 e. The highest BCUT2D eigenvalue weighted by Gasteiger charge is 2.28. The van der Waals surface area contributed by atoms with E-state index in [4.69, 9.17) is 4.74 Å². The molecule has 0 radical (unpaired) electrons. The van der Waals surface area contributed by atoms with E-state index in [0.29, 0.717) is 5.57 Å². The van der Waals surface area contributed by atoms with Crippen LogP contribution in [0.2, 0.25) is 0 Å². The van der Waals surface area contributed by atoms with Crippen molar-refractivity contribution in [2.45, 2.75) is 0 Å². The van der Waals surface area contributed by atoms with E-state index in [1.54, 1.807) is 0 Å². The highest BCUT2D eigenvalue weighted by Crippen LogP contribution is 2.37. The average Bonchev–Trinajstić information content (AvgIpc) is 3.20. The number of carbonyl (C=O) groups excluding carboxylic acids is 1. The topological polar surface area (TPSA) is 65.6 Å². The van der Waals surface area contributed by atoms with E-state index in [0.717, 1.165) is 73.3 Å². The average molecular weight is 441 g/mol. The first kappa shape index (κ1) is 21.2. The summed E-state index contributed by atoms with van der Waals surface area (Å²) in [5, 5.41) is 9.99. The van der Waals surface area contributed by atoms with Crippen molar-refractivity contribution in [3.8, 4) is 0 Å². The number of para-hydroxylation sites is 1. The van der Waals surface area contributed by atoms with Crippen LogP contribution in [0.5, 0.6) is 0 Å². The maximum atomic E-state index is 12.9. The molecule has 2 heterocycles. The number of ether oxygens (including phenoxy) is 1. The second-order valence-corrected chi connectivity index (χ2v) is 8.20. The standard InChI is InChI=1S/C27H28N4O2/c32-27-25(23-8-4-5-9-24(23)30-27)26(20-6-2-1-3-7-20)29-22-12-10-21(11-13-22)28-14-15-31-16-18-33-19-17-31/h1-13,28-29H,14-19H2,(H,30,32). The third-order valence-electron chi connectivity index (χ3n) is 6.00. The fourth-order valence-corrected chi connectivity index (χ4v) is 4.25. The van der Waals surface area contributed by atoms with E-state index in [2.05, 4.69) is 33.0 Å². The Balaban J connectivity index is 1.34. The van der Waals surface area contributed by atoms with E-state index in [9.17, 15) is 4.79 Å². The number of fused-ring (bicyclic) bond motifs is 1. The van der Waals surface area contributed by atoms with Gasteiger partial charge in [0.15, 0.2) is 0 Å². The van der Waals surface area contributed by atoms with Crippen LogP contribution in [0, 0.1) is 0 Å². The number of nitrogens with one attached hydrogen (secondary N) is 3. The summed E-state index contributed by atoms with van der Waals surface area (Å²) in [6, 6.07) is 26.0. The quantitative estimate of drug-likeness (QED) is 0.477. The molecule has 0 unspecified atom stereocenters. The molecule has 0 aliphatic carbocycles. The fraction of sp³-hybridized carbons (Fsp3) is 0.222. The Morgan fingerprint density at radius 1 is 0.879 bits per heavy atom. The van der Waals surface area contributed by atoms with Crippen molar-refractivity contribution >= 4 is 34.2 Å². The summed E-state index contributed by atoms with van der Waals surface area (Å²) in [6.07, 6.45) is 0. The molecule has 33 heavy (non-hydrogen) atoms. The van der Waals surface area contributed by atoms with E-state index in [1.807, 2.05) is 66.7 Å². The molecular weight excluding hydrogens is 412 g/mol. The zero-order chi connectivity index (χ0) is 22.5. The Hall–Kier alpha value is -3.61. The number of amides is 1. The number of carbonyl (C=O) groups is 1.